The number of benzene rings is 2. The molecule has 1 fully saturated rings. The molecule has 4 nitrogen and oxygen atoms in total. The molecule has 0 radical (unpaired) electrons. The van der Waals surface area contributed by atoms with Gasteiger partial charge in [-0.1, -0.05) is 54.6 Å². The summed E-state index contributed by atoms with van der Waals surface area (Å²) in [5.41, 5.74) is 8.90. The number of amides is 1. The molecule has 4 heteroatoms. The van der Waals surface area contributed by atoms with E-state index in [0.29, 0.717) is 19.6 Å². The quantitative estimate of drug-likeness (QED) is 0.925. The zero-order valence-corrected chi connectivity index (χ0v) is 12.2. The van der Waals surface area contributed by atoms with Crippen molar-refractivity contribution in [1.29, 1.82) is 0 Å². The number of carbonyl (C=O) groups is 1. The molecule has 2 N–H and O–H groups in total. The third-order valence-electron chi connectivity index (χ3n) is 4.64. The number of hydrogen-bond acceptors (Lipinski definition) is 3. The molecule has 2 aromatic carbocycles. The molecule has 2 atom stereocenters. The molecular weight excluding hydrogens is 276 g/mol. The maximum atomic E-state index is 12.8. The van der Waals surface area contributed by atoms with Crippen LogP contribution in [0.3, 0.4) is 0 Å². The minimum absolute atomic E-state index is 0.0852. The van der Waals surface area contributed by atoms with Gasteiger partial charge in [0.15, 0.2) is 0 Å². The highest BCUT2D eigenvalue weighted by Gasteiger charge is 2.59. The first-order valence-corrected chi connectivity index (χ1v) is 7.54. The van der Waals surface area contributed by atoms with Crippen molar-refractivity contribution in [3.63, 3.8) is 0 Å². The monoisotopic (exact) mass is 294 g/mol. The molecule has 0 saturated heterocycles. The van der Waals surface area contributed by atoms with Crippen molar-refractivity contribution >= 4 is 5.91 Å². The molecule has 112 valence electrons. The molecule has 1 heterocycles. The Morgan fingerprint density at radius 3 is 2.55 bits per heavy atom. The van der Waals surface area contributed by atoms with Gasteiger partial charge in [-0.25, -0.2) is 5.06 Å². The standard InChI is InChI=1S/C18H18N2O2/c19-18(10-16(18)13-6-2-1-3-7-13)17(21)20-11-14-8-4-5-9-15(14)12-22-20/h1-9,16H,10-12,19H2/t16-,18-/m1/s1. The fourth-order valence-corrected chi connectivity index (χ4v) is 3.18. The summed E-state index contributed by atoms with van der Waals surface area (Å²) in [6, 6.07) is 18.0. The number of nitrogens with two attached hydrogens (primary N) is 1. The molecule has 4 rings (SSSR count). The Hall–Kier alpha value is -2.17. The number of rotatable bonds is 2. The zero-order chi connectivity index (χ0) is 15.2. The van der Waals surface area contributed by atoms with Crippen LogP contribution in [-0.4, -0.2) is 16.5 Å². The van der Waals surface area contributed by atoms with E-state index in [2.05, 4.69) is 0 Å². The van der Waals surface area contributed by atoms with Gasteiger partial charge in [-0.3, -0.25) is 9.63 Å². The van der Waals surface area contributed by atoms with Crippen LogP contribution in [0.25, 0.3) is 0 Å². The topological polar surface area (TPSA) is 55.6 Å². The summed E-state index contributed by atoms with van der Waals surface area (Å²) < 4.78 is 0. The van der Waals surface area contributed by atoms with Crippen LogP contribution >= 0.6 is 0 Å². The molecular formula is C18H18N2O2. The summed E-state index contributed by atoms with van der Waals surface area (Å²) in [5.74, 6) is -0.0298. The van der Waals surface area contributed by atoms with E-state index in [1.54, 1.807) is 0 Å². The van der Waals surface area contributed by atoms with Gasteiger partial charge in [-0.15, -0.1) is 0 Å². The first kappa shape index (κ1) is 13.5. The van der Waals surface area contributed by atoms with Crippen LogP contribution < -0.4 is 5.73 Å². The minimum Gasteiger partial charge on any atom is -0.317 e. The van der Waals surface area contributed by atoms with Crippen LogP contribution in [0.15, 0.2) is 54.6 Å². The van der Waals surface area contributed by atoms with E-state index >= 15 is 0 Å². The van der Waals surface area contributed by atoms with Crippen molar-refractivity contribution in [1.82, 2.24) is 5.06 Å². The van der Waals surface area contributed by atoms with Gasteiger partial charge in [0.05, 0.1) is 6.54 Å². The van der Waals surface area contributed by atoms with Crippen molar-refractivity contribution in [3.05, 3.63) is 71.3 Å². The fraction of sp³-hybridized carbons (Fsp3) is 0.278. The Labute approximate surface area is 129 Å². The van der Waals surface area contributed by atoms with E-state index in [1.807, 2.05) is 54.6 Å². The van der Waals surface area contributed by atoms with Gasteiger partial charge in [0.1, 0.15) is 12.1 Å². The molecule has 0 spiro atoms. The lowest BCUT2D eigenvalue weighted by Gasteiger charge is -2.30. The average molecular weight is 294 g/mol. The third-order valence-corrected chi connectivity index (χ3v) is 4.64. The minimum atomic E-state index is -0.826. The van der Waals surface area contributed by atoms with Gasteiger partial charge < -0.3 is 5.73 Å². The molecule has 1 saturated carbocycles. The van der Waals surface area contributed by atoms with Gasteiger partial charge in [0.25, 0.3) is 5.91 Å². The Balaban J connectivity index is 1.52. The number of carbonyl (C=O) groups excluding carboxylic acids is 1. The smallest absolute Gasteiger partial charge is 0.267 e. The van der Waals surface area contributed by atoms with E-state index in [4.69, 9.17) is 10.6 Å². The molecule has 1 aliphatic carbocycles. The Bertz CT molecular complexity index is 716. The average Bonchev–Trinajstić information content (AvgIpc) is 3.28. The molecule has 22 heavy (non-hydrogen) atoms. The second-order valence-corrected chi connectivity index (χ2v) is 6.09. The van der Waals surface area contributed by atoms with Crippen LogP contribution in [-0.2, 0) is 22.8 Å². The van der Waals surface area contributed by atoms with Crippen LogP contribution in [0.1, 0.15) is 29.0 Å². The van der Waals surface area contributed by atoms with Crippen molar-refractivity contribution in [2.24, 2.45) is 5.73 Å². The van der Waals surface area contributed by atoms with Crippen molar-refractivity contribution < 1.29 is 9.63 Å². The van der Waals surface area contributed by atoms with E-state index in [0.717, 1.165) is 16.7 Å². The van der Waals surface area contributed by atoms with E-state index < -0.39 is 5.54 Å². The van der Waals surface area contributed by atoms with Crippen LogP contribution in [0.2, 0.25) is 0 Å². The number of hydrogen-bond donors (Lipinski definition) is 1. The maximum absolute atomic E-state index is 12.8. The van der Waals surface area contributed by atoms with Crippen molar-refractivity contribution in [2.45, 2.75) is 31.0 Å². The molecule has 0 aromatic heterocycles. The third kappa shape index (κ3) is 2.12. The van der Waals surface area contributed by atoms with Gasteiger partial charge in [0.2, 0.25) is 0 Å². The highest BCUT2D eigenvalue weighted by atomic mass is 16.7. The highest BCUT2D eigenvalue weighted by molar-refractivity contribution is 5.90. The molecule has 2 aliphatic rings. The normalized spacial score (nSPS) is 26.4. The maximum Gasteiger partial charge on any atom is 0.267 e. The van der Waals surface area contributed by atoms with Crippen LogP contribution in [0.4, 0.5) is 0 Å². The summed E-state index contributed by atoms with van der Waals surface area (Å²) in [7, 11) is 0. The predicted molar refractivity (Wildman–Crippen MR) is 82.5 cm³/mol. The summed E-state index contributed by atoms with van der Waals surface area (Å²) >= 11 is 0. The SMILES string of the molecule is N[C@]1(C(=O)N2Cc3ccccc3CO2)C[C@@H]1c1ccccc1. The van der Waals surface area contributed by atoms with Gasteiger partial charge in [-0.05, 0) is 23.1 Å². The van der Waals surface area contributed by atoms with Crippen molar-refractivity contribution in [2.75, 3.05) is 0 Å². The highest BCUT2D eigenvalue weighted by Crippen LogP contribution is 2.50. The zero-order valence-electron chi connectivity index (χ0n) is 12.2. The van der Waals surface area contributed by atoms with E-state index in [-0.39, 0.29) is 11.8 Å². The Morgan fingerprint density at radius 2 is 1.77 bits per heavy atom. The van der Waals surface area contributed by atoms with E-state index in [1.165, 1.54) is 5.06 Å². The molecule has 0 bridgehead atoms. The summed E-state index contributed by atoms with van der Waals surface area (Å²) in [4.78, 5) is 18.4. The first-order valence-electron chi connectivity index (χ1n) is 7.54. The molecule has 0 unspecified atom stereocenters. The Kier molecular flexibility index (Phi) is 3.03. The second-order valence-electron chi connectivity index (χ2n) is 6.09. The second kappa shape index (κ2) is 4.93. The number of fused-ring (bicyclic) bond motifs is 1. The number of hydroxylamine groups is 2. The molecule has 1 aliphatic heterocycles. The lowest BCUT2D eigenvalue weighted by molar-refractivity contribution is -0.203. The molecule has 2 aromatic rings. The summed E-state index contributed by atoms with van der Waals surface area (Å²) in [6.07, 6.45) is 0.678. The van der Waals surface area contributed by atoms with Crippen molar-refractivity contribution in [3.8, 4) is 0 Å². The van der Waals surface area contributed by atoms with Gasteiger partial charge >= 0.3 is 0 Å². The van der Waals surface area contributed by atoms with Crippen LogP contribution in [0, 0.1) is 0 Å². The van der Waals surface area contributed by atoms with Gasteiger partial charge in [-0.2, -0.15) is 0 Å². The lowest BCUT2D eigenvalue weighted by Crippen LogP contribution is -2.47. The largest absolute Gasteiger partial charge is 0.317 e. The summed E-state index contributed by atoms with van der Waals surface area (Å²) in [5, 5.41) is 1.44. The first-order chi connectivity index (χ1) is 10.7. The predicted octanol–water partition coefficient (Wildman–Crippen LogP) is 2.35. The molecule has 1 amide bonds. The van der Waals surface area contributed by atoms with E-state index in [9.17, 15) is 4.79 Å². The van der Waals surface area contributed by atoms with Crippen LogP contribution in [0.5, 0.6) is 0 Å². The fourth-order valence-electron chi connectivity index (χ4n) is 3.18. The number of nitrogens with zero attached hydrogens (tertiary/aromatic N) is 1. The Morgan fingerprint density at radius 1 is 1.09 bits per heavy atom. The lowest BCUT2D eigenvalue weighted by atomic mass is 10.0. The van der Waals surface area contributed by atoms with Gasteiger partial charge in [0, 0.05) is 5.92 Å². The summed E-state index contributed by atoms with van der Waals surface area (Å²) in [6.45, 7) is 0.892.